The lowest BCUT2D eigenvalue weighted by Gasteiger charge is -2.43. The number of nitrogens with two attached hydrogens (primary N) is 1. The summed E-state index contributed by atoms with van der Waals surface area (Å²) < 4.78 is 0. The fourth-order valence-corrected chi connectivity index (χ4v) is 2.90. The number of halogens is 1. The molecular weight excluding hydrogens is 296 g/mol. The van der Waals surface area contributed by atoms with Crippen LogP contribution in [0.3, 0.4) is 0 Å². The maximum absolute atomic E-state index is 12.2. The van der Waals surface area contributed by atoms with Crippen LogP contribution in [0.2, 0.25) is 0 Å². The van der Waals surface area contributed by atoms with E-state index in [-0.39, 0.29) is 29.1 Å². The number of carbonyl (C=O) groups excluding carboxylic acids is 1. The van der Waals surface area contributed by atoms with Crippen molar-refractivity contribution in [3.63, 3.8) is 0 Å². The van der Waals surface area contributed by atoms with Gasteiger partial charge in [-0.05, 0) is 35.7 Å². The minimum Gasteiger partial charge on any atom is -0.354 e. The summed E-state index contributed by atoms with van der Waals surface area (Å²) in [5, 5.41) is 3.09. The summed E-state index contributed by atoms with van der Waals surface area (Å²) in [5.41, 5.74) is 7.41. The van der Waals surface area contributed by atoms with Gasteiger partial charge in [0.2, 0.25) is 5.91 Å². The summed E-state index contributed by atoms with van der Waals surface area (Å²) in [6.07, 6.45) is 4.67. The van der Waals surface area contributed by atoms with Gasteiger partial charge in [-0.25, -0.2) is 0 Å². The second kappa shape index (κ2) is 7.47. The first-order chi connectivity index (χ1) is 9.82. The lowest BCUT2D eigenvalue weighted by molar-refractivity contribution is -0.125. The topological polar surface area (TPSA) is 55.1 Å². The Morgan fingerprint density at radius 1 is 1.27 bits per heavy atom. The molecule has 1 fully saturated rings. The molecule has 0 spiro atoms. The Kier molecular flexibility index (Phi) is 6.45. The van der Waals surface area contributed by atoms with Gasteiger partial charge in [0.1, 0.15) is 0 Å². The number of benzene rings is 1. The lowest BCUT2D eigenvalue weighted by atomic mass is 9.65. The van der Waals surface area contributed by atoms with Crippen LogP contribution in [0.1, 0.15) is 45.6 Å². The van der Waals surface area contributed by atoms with Gasteiger partial charge in [0.25, 0.3) is 0 Å². The zero-order valence-electron chi connectivity index (χ0n) is 13.9. The predicted octanol–water partition coefficient (Wildman–Crippen LogP) is 3.31. The molecule has 0 unspecified atom stereocenters. The van der Waals surface area contributed by atoms with Crippen molar-refractivity contribution in [3.8, 4) is 0 Å². The third kappa shape index (κ3) is 4.72. The van der Waals surface area contributed by atoms with E-state index in [2.05, 4.69) is 29.6 Å². The summed E-state index contributed by atoms with van der Waals surface area (Å²) in [6.45, 7) is 6.74. The van der Waals surface area contributed by atoms with Gasteiger partial charge in [-0.2, -0.15) is 0 Å². The molecule has 0 bridgehead atoms. The first-order valence-corrected chi connectivity index (χ1v) is 7.90. The smallest absolute Gasteiger partial charge is 0.237 e. The van der Waals surface area contributed by atoms with Crippen LogP contribution >= 0.6 is 12.4 Å². The highest BCUT2D eigenvalue weighted by Crippen LogP contribution is 2.43. The molecule has 0 heterocycles. The Morgan fingerprint density at radius 2 is 1.86 bits per heavy atom. The van der Waals surface area contributed by atoms with Crippen molar-refractivity contribution in [1.82, 2.24) is 5.32 Å². The third-order valence-corrected chi connectivity index (χ3v) is 4.69. The van der Waals surface area contributed by atoms with E-state index < -0.39 is 6.04 Å². The second-order valence-electron chi connectivity index (χ2n) is 7.58. The SMILES string of the molecule is CC(C)(C)[C@H](N)C(=O)NCC1(Cc2ccccc2)CCC1.Cl. The van der Waals surface area contributed by atoms with Crippen molar-refractivity contribution in [1.29, 1.82) is 0 Å². The zero-order valence-corrected chi connectivity index (χ0v) is 14.7. The van der Waals surface area contributed by atoms with Crippen molar-refractivity contribution >= 4 is 18.3 Å². The van der Waals surface area contributed by atoms with E-state index >= 15 is 0 Å². The number of nitrogens with one attached hydrogen (secondary N) is 1. The highest BCUT2D eigenvalue weighted by molar-refractivity contribution is 5.85. The van der Waals surface area contributed by atoms with Gasteiger partial charge in [-0.15, -0.1) is 12.4 Å². The molecule has 0 aromatic heterocycles. The Morgan fingerprint density at radius 3 is 2.32 bits per heavy atom. The molecule has 1 saturated carbocycles. The molecule has 2 rings (SSSR count). The largest absolute Gasteiger partial charge is 0.354 e. The molecule has 1 aliphatic carbocycles. The molecular formula is C18H29ClN2O. The number of hydrogen-bond acceptors (Lipinski definition) is 2. The minimum atomic E-state index is -0.452. The molecule has 1 atom stereocenters. The van der Waals surface area contributed by atoms with Gasteiger partial charge in [-0.3, -0.25) is 4.79 Å². The fraction of sp³-hybridized carbons (Fsp3) is 0.611. The van der Waals surface area contributed by atoms with Gasteiger partial charge in [0, 0.05) is 6.54 Å². The summed E-state index contributed by atoms with van der Waals surface area (Å²) in [5.74, 6) is -0.0261. The number of rotatable bonds is 5. The Hall–Kier alpha value is -1.06. The van der Waals surface area contributed by atoms with Gasteiger partial charge in [-0.1, -0.05) is 57.5 Å². The monoisotopic (exact) mass is 324 g/mol. The van der Waals surface area contributed by atoms with Crippen LogP contribution < -0.4 is 11.1 Å². The lowest BCUT2D eigenvalue weighted by Crippen LogP contribution is -2.52. The molecule has 1 aromatic rings. The van der Waals surface area contributed by atoms with Gasteiger partial charge < -0.3 is 11.1 Å². The van der Waals surface area contributed by atoms with Crippen molar-refractivity contribution in [2.45, 2.75) is 52.5 Å². The number of carbonyl (C=O) groups is 1. The van der Waals surface area contributed by atoms with Crippen LogP contribution in [-0.4, -0.2) is 18.5 Å². The third-order valence-electron chi connectivity index (χ3n) is 4.69. The van der Waals surface area contributed by atoms with Crippen molar-refractivity contribution in [3.05, 3.63) is 35.9 Å². The van der Waals surface area contributed by atoms with E-state index in [0.29, 0.717) is 0 Å². The average Bonchev–Trinajstić information content (AvgIpc) is 2.40. The van der Waals surface area contributed by atoms with E-state index in [4.69, 9.17) is 5.73 Å². The quantitative estimate of drug-likeness (QED) is 0.873. The van der Waals surface area contributed by atoms with E-state index in [0.717, 1.165) is 13.0 Å². The van der Waals surface area contributed by atoms with Crippen molar-refractivity contribution in [2.75, 3.05) is 6.54 Å². The maximum atomic E-state index is 12.2. The molecule has 3 nitrogen and oxygen atoms in total. The Bertz CT molecular complexity index is 478. The van der Waals surface area contributed by atoms with Crippen LogP contribution in [0.25, 0.3) is 0 Å². The van der Waals surface area contributed by atoms with Gasteiger partial charge in [0.05, 0.1) is 6.04 Å². The fourth-order valence-electron chi connectivity index (χ4n) is 2.90. The first-order valence-electron chi connectivity index (χ1n) is 7.90. The molecule has 1 aromatic carbocycles. The van der Waals surface area contributed by atoms with Crippen LogP contribution in [0.5, 0.6) is 0 Å². The molecule has 0 aliphatic heterocycles. The summed E-state index contributed by atoms with van der Waals surface area (Å²) in [6, 6.07) is 10.1. The summed E-state index contributed by atoms with van der Waals surface area (Å²) >= 11 is 0. The molecule has 124 valence electrons. The number of amides is 1. The second-order valence-corrected chi connectivity index (χ2v) is 7.58. The predicted molar refractivity (Wildman–Crippen MR) is 94.1 cm³/mol. The van der Waals surface area contributed by atoms with Crippen molar-refractivity contribution < 1.29 is 4.79 Å². The first kappa shape index (κ1) is 19.0. The van der Waals surface area contributed by atoms with E-state index in [1.807, 2.05) is 26.8 Å². The minimum absolute atomic E-state index is 0. The number of hydrogen-bond donors (Lipinski definition) is 2. The highest BCUT2D eigenvalue weighted by atomic mass is 35.5. The Labute approximate surface area is 140 Å². The Balaban J connectivity index is 0.00000242. The van der Waals surface area contributed by atoms with Crippen LogP contribution in [0.4, 0.5) is 0 Å². The van der Waals surface area contributed by atoms with E-state index in [1.165, 1.54) is 24.8 Å². The molecule has 4 heteroatoms. The van der Waals surface area contributed by atoms with Gasteiger partial charge >= 0.3 is 0 Å². The summed E-state index contributed by atoms with van der Waals surface area (Å²) in [7, 11) is 0. The van der Waals surface area contributed by atoms with Crippen LogP contribution in [-0.2, 0) is 11.2 Å². The standard InChI is InChI=1S/C18H28N2O.ClH/c1-17(2,3)15(19)16(21)20-13-18(10-7-11-18)12-14-8-5-4-6-9-14;/h4-6,8-9,15H,7,10-13,19H2,1-3H3,(H,20,21);1H/t15-;/m1./s1. The molecule has 1 aliphatic rings. The maximum Gasteiger partial charge on any atom is 0.237 e. The zero-order chi connectivity index (χ0) is 15.5. The molecule has 1 amide bonds. The van der Waals surface area contributed by atoms with E-state index in [9.17, 15) is 4.79 Å². The van der Waals surface area contributed by atoms with Crippen molar-refractivity contribution in [2.24, 2.45) is 16.6 Å². The highest BCUT2D eigenvalue weighted by Gasteiger charge is 2.38. The van der Waals surface area contributed by atoms with Gasteiger partial charge in [0.15, 0.2) is 0 Å². The average molecular weight is 325 g/mol. The summed E-state index contributed by atoms with van der Waals surface area (Å²) in [4.78, 5) is 12.2. The molecule has 0 saturated heterocycles. The van der Waals surface area contributed by atoms with Crippen LogP contribution in [0.15, 0.2) is 30.3 Å². The molecule has 0 radical (unpaired) electrons. The van der Waals surface area contributed by atoms with E-state index in [1.54, 1.807) is 0 Å². The van der Waals surface area contributed by atoms with Crippen LogP contribution in [0, 0.1) is 10.8 Å². The molecule has 22 heavy (non-hydrogen) atoms. The normalized spacial score (nSPS) is 17.8. The molecule has 3 N–H and O–H groups in total.